The molecular formula is C13H11NO2S. The SMILES string of the molecule is Cc1ccsc1/C=C(\c1ccccc1)[N+](=O)[O-]. The van der Waals surface area contributed by atoms with E-state index in [-0.39, 0.29) is 10.6 Å². The van der Waals surface area contributed by atoms with Crippen molar-refractivity contribution in [1.29, 1.82) is 0 Å². The molecule has 2 aromatic rings. The fourth-order valence-electron chi connectivity index (χ4n) is 1.51. The fourth-order valence-corrected chi connectivity index (χ4v) is 2.36. The normalized spacial score (nSPS) is 11.5. The molecule has 0 atom stereocenters. The molecule has 1 heterocycles. The molecule has 2 rings (SSSR count). The lowest BCUT2D eigenvalue weighted by Gasteiger charge is -1.98. The van der Waals surface area contributed by atoms with Gasteiger partial charge in [0.05, 0.1) is 10.5 Å². The molecular weight excluding hydrogens is 234 g/mol. The van der Waals surface area contributed by atoms with Gasteiger partial charge in [0.25, 0.3) is 5.70 Å². The van der Waals surface area contributed by atoms with Crippen molar-refractivity contribution in [3.05, 3.63) is 67.9 Å². The van der Waals surface area contributed by atoms with Gasteiger partial charge >= 0.3 is 0 Å². The number of rotatable bonds is 3. The molecule has 4 heteroatoms. The smallest absolute Gasteiger partial charge is 0.258 e. The molecule has 3 nitrogen and oxygen atoms in total. The van der Waals surface area contributed by atoms with E-state index in [0.717, 1.165) is 10.4 Å². The van der Waals surface area contributed by atoms with Crippen molar-refractivity contribution in [2.24, 2.45) is 0 Å². The quantitative estimate of drug-likeness (QED) is 0.609. The highest BCUT2D eigenvalue weighted by atomic mass is 32.1. The number of hydrogen-bond acceptors (Lipinski definition) is 3. The van der Waals surface area contributed by atoms with Crippen molar-refractivity contribution in [2.75, 3.05) is 0 Å². The standard InChI is InChI=1S/C13H11NO2S/c1-10-7-8-17-13(10)9-12(14(15)16)11-5-3-2-4-6-11/h2-9H,1H3/b12-9+. The highest BCUT2D eigenvalue weighted by Gasteiger charge is 2.14. The third-order valence-corrected chi connectivity index (χ3v) is 3.40. The predicted molar refractivity (Wildman–Crippen MR) is 70.4 cm³/mol. The highest BCUT2D eigenvalue weighted by molar-refractivity contribution is 7.11. The largest absolute Gasteiger partial charge is 0.278 e. The molecule has 0 saturated heterocycles. The molecule has 0 aliphatic heterocycles. The van der Waals surface area contributed by atoms with E-state index in [1.165, 1.54) is 11.3 Å². The first kappa shape index (κ1) is 11.5. The van der Waals surface area contributed by atoms with E-state index in [1.807, 2.05) is 24.4 Å². The minimum atomic E-state index is -0.339. The molecule has 0 unspecified atom stereocenters. The summed E-state index contributed by atoms with van der Waals surface area (Å²) < 4.78 is 0. The molecule has 0 N–H and O–H groups in total. The summed E-state index contributed by atoms with van der Waals surface area (Å²) >= 11 is 1.51. The molecule has 0 fully saturated rings. The molecule has 0 amide bonds. The van der Waals surface area contributed by atoms with Crippen LogP contribution in [0.1, 0.15) is 16.0 Å². The van der Waals surface area contributed by atoms with Crippen LogP contribution in [0.3, 0.4) is 0 Å². The van der Waals surface area contributed by atoms with Gasteiger partial charge in [-0.05, 0) is 36.1 Å². The van der Waals surface area contributed by atoms with E-state index in [9.17, 15) is 10.1 Å². The van der Waals surface area contributed by atoms with E-state index in [0.29, 0.717) is 5.56 Å². The number of hydrogen-bond donors (Lipinski definition) is 0. The summed E-state index contributed by atoms with van der Waals surface area (Å²) in [6, 6.07) is 10.9. The lowest BCUT2D eigenvalue weighted by Crippen LogP contribution is -1.97. The molecule has 0 radical (unpaired) electrons. The summed E-state index contributed by atoms with van der Waals surface area (Å²) in [6.45, 7) is 1.95. The first-order valence-corrected chi connectivity index (χ1v) is 6.02. The second kappa shape index (κ2) is 4.93. The van der Waals surface area contributed by atoms with E-state index < -0.39 is 0 Å². The lowest BCUT2D eigenvalue weighted by molar-refractivity contribution is -0.374. The Morgan fingerprint density at radius 3 is 2.53 bits per heavy atom. The van der Waals surface area contributed by atoms with Gasteiger partial charge in [0.2, 0.25) is 0 Å². The van der Waals surface area contributed by atoms with Crippen molar-refractivity contribution in [1.82, 2.24) is 0 Å². The van der Waals surface area contributed by atoms with Gasteiger partial charge in [0, 0.05) is 11.0 Å². The average molecular weight is 245 g/mol. The minimum Gasteiger partial charge on any atom is -0.258 e. The van der Waals surface area contributed by atoms with Gasteiger partial charge in [-0.1, -0.05) is 18.2 Å². The van der Waals surface area contributed by atoms with E-state index in [1.54, 1.807) is 30.3 Å². The third kappa shape index (κ3) is 2.60. The summed E-state index contributed by atoms with van der Waals surface area (Å²) in [7, 11) is 0. The topological polar surface area (TPSA) is 43.1 Å². The second-order valence-corrected chi connectivity index (χ2v) is 4.57. The fraction of sp³-hybridized carbons (Fsp3) is 0.0769. The maximum absolute atomic E-state index is 11.1. The van der Waals surface area contributed by atoms with Crippen LogP contribution in [0.2, 0.25) is 0 Å². The second-order valence-electron chi connectivity index (χ2n) is 3.62. The molecule has 17 heavy (non-hydrogen) atoms. The Morgan fingerprint density at radius 2 is 2.00 bits per heavy atom. The molecule has 0 saturated carbocycles. The monoisotopic (exact) mass is 245 g/mol. The van der Waals surface area contributed by atoms with E-state index in [2.05, 4.69) is 0 Å². The molecule has 1 aromatic heterocycles. The number of nitro groups is 1. The van der Waals surface area contributed by atoms with Gasteiger partial charge in [0.15, 0.2) is 0 Å². The molecule has 0 aliphatic carbocycles. The summed E-state index contributed by atoms with van der Waals surface area (Å²) in [6.07, 6.45) is 1.63. The van der Waals surface area contributed by atoms with Crippen LogP contribution in [0, 0.1) is 17.0 Å². The highest BCUT2D eigenvalue weighted by Crippen LogP contribution is 2.24. The minimum absolute atomic E-state index is 0.135. The van der Waals surface area contributed by atoms with Crippen molar-refractivity contribution in [2.45, 2.75) is 6.92 Å². The number of nitrogens with zero attached hydrogens (tertiary/aromatic N) is 1. The molecule has 0 bridgehead atoms. The van der Waals surface area contributed by atoms with Crippen LogP contribution in [-0.4, -0.2) is 4.92 Å². The lowest BCUT2D eigenvalue weighted by atomic mass is 10.1. The average Bonchev–Trinajstić information content (AvgIpc) is 2.72. The van der Waals surface area contributed by atoms with Crippen LogP contribution >= 0.6 is 11.3 Å². The Labute approximate surface area is 103 Å². The third-order valence-electron chi connectivity index (χ3n) is 2.44. The number of thiophene rings is 1. The van der Waals surface area contributed by atoms with Crippen LogP contribution in [0.15, 0.2) is 41.8 Å². The summed E-state index contributed by atoms with van der Waals surface area (Å²) in [5, 5.41) is 13.0. The zero-order chi connectivity index (χ0) is 12.3. The Kier molecular flexibility index (Phi) is 3.35. The van der Waals surface area contributed by atoms with E-state index >= 15 is 0 Å². The van der Waals surface area contributed by atoms with Crippen molar-refractivity contribution < 1.29 is 4.92 Å². The number of benzene rings is 1. The van der Waals surface area contributed by atoms with Crippen molar-refractivity contribution in [3.8, 4) is 0 Å². The van der Waals surface area contributed by atoms with Crippen LogP contribution < -0.4 is 0 Å². The Hall–Kier alpha value is -1.94. The first-order chi connectivity index (χ1) is 8.18. The number of aryl methyl sites for hydroxylation is 1. The Balaban J connectivity index is 2.47. The predicted octanol–water partition coefficient (Wildman–Crippen LogP) is 3.83. The molecule has 0 aliphatic rings. The summed E-state index contributed by atoms with van der Waals surface area (Å²) in [4.78, 5) is 11.7. The van der Waals surface area contributed by atoms with Crippen LogP contribution in [0.4, 0.5) is 0 Å². The zero-order valence-electron chi connectivity index (χ0n) is 9.29. The van der Waals surface area contributed by atoms with Gasteiger partial charge in [-0.25, -0.2) is 0 Å². The van der Waals surface area contributed by atoms with Gasteiger partial charge < -0.3 is 0 Å². The van der Waals surface area contributed by atoms with Gasteiger partial charge in [-0.2, -0.15) is 0 Å². The molecule has 1 aromatic carbocycles. The summed E-state index contributed by atoms with van der Waals surface area (Å²) in [5.41, 5.74) is 1.83. The molecule has 86 valence electrons. The molecule has 0 spiro atoms. The van der Waals surface area contributed by atoms with Crippen LogP contribution in [0.5, 0.6) is 0 Å². The van der Waals surface area contributed by atoms with Crippen molar-refractivity contribution in [3.63, 3.8) is 0 Å². The van der Waals surface area contributed by atoms with Crippen LogP contribution in [0.25, 0.3) is 11.8 Å². The van der Waals surface area contributed by atoms with Gasteiger partial charge in [-0.3, -0.25) is 10.1 Å². The van der Waals surface area contributed by atoms with Gasteiger partial charge in [0.1, 0.15) is 0 Å². The summed E-state index contributed by atoms with van der Waals surface area (Å²) in [5.74, 6) is 0. The maximum Gasteiger partial charge on any atom is 0.278 e. The Bertz CT molecular complexity index is 558. The van der Waals surface area contributed by atoms with E-state index in [4.69, 9.17) is 0 Å². The van der Waals surface area contributed by atoms with Crippen LogP contribution in [-0.2, 0) is 0 Å². The Morgan fingerprint density at radius 1 is 1.29 bits per heavy atom. The zero-order valence-corrected chi connectivity index (χ0v) is 10.1. The van der Waals surface area contributed by atoms with Crippen molar-refractivity contribution >= 4 is 23.1 Å². The van der Waals surface area contributed by atoms with Gasteiger partial charge in [-0.15, -0.1) is 11.3 Å². The first-order valence-electron chi connectivity index (χ1n) is 5.14. The maximum atomic E-state index is 11.1.